The zero-order valence-electron chi connectivity index (χ0n) is 16.4. The molecule has 0 fully saturated rings. The van der Waals surface area contributed by atoms with E-state index in [1.807, 2.05) is 60.7 Å². The lowest BCUT2D eigenvalue weighted by molar-refractivity contribution is 0.0722. The van der Waals surface area contributed by atoms with Gasteiger partial charge in [-0.25, -0.2) is 0 Å². The predicted octanol–water partition coefficient (Wildman–Crippen LogP) is 5.43. The first kappa shape index (κ1) is 17.8. The van der Waals surface area contributed by atoms with Crippen LogP contribution in [0.1, 0.15) is 45.1 Å². The first-order valence-corrected chi connectivity index (χ1v) is 10.1. The van der Waals surface area contributed by atoms with Crippen molar-refractivity contribution in [3.05, 3.63) is 118 Å². The summed E-state index contributed by atoms with van der Waals surface area (Å²) in [6.07, 6.45) is 1.32. The topological polar surface area (TPSA) is 37.3 Å². The number of hydrogen-bond donors (Lipinski definition) is 1. The highest BCUT2D eigenvalue weighted by molar-refractivity contribution is 6.13. The molecule has 0 unspecified atom stereocenters. The first-order chi connectivity index (χ1) is 14.1. The Morgan fingerprint density at radius 1 is 0.759 bits per heavy atom. The molecule has 142 valence electrons. The van der Waals surface area contributed by atoms with E-state index in [1.54, 1.807) is 0 Å². The Kier molecular flexibility index (Phi) is 4.11. The van der Waals surface area contributed by atoms with E-state index >= 15 is 0 Å². The monoisotopic (exact) mass is 378 g/mol. The lowest BCUT2D eigenvalue weighted by Gasteiger charge is -2.36. The fraction of sp³-hybridized carbons (Fsp3) is 0.148. The summed E-state index contributed by atoms with van der Waals surface area (Å²) in [6.45, 7) is 2.14. The number of aryl methyl sites for hydroxylation is 1. The summed E-state index contributed by atoms with van der Waals surface area (Å²) >= 11 is 0. The molecule has 0 saturated heterocycles. The molecule has 1 aliphatic rings. The van der Waals surface area contributed by atoms with Crippen LogP contribution in [0, 0.1) is 0 Å². The third-order valence-corrected chi connectivity index (χ3v) is 6.19. The van der Waals surface area contributed by atoms with Gasteiger partial charge in [0.05, 0.1) is 0 Å². The van der Waals surface area contributed by atoms with Gasteiger partial charge in [0.2, 0.25) is 0 Å². The Hall–Kier alpha value is -3.23. The summed E-state index contributed by atoms with van der Waals surface area (Å²) < 4.78 is 0. The first-order valence-electron chi connectivity index (χ1n) is 10.1. The second-order valence-electron chi connectivity index (χ2n) is 7.74. The van der Waals surface area contributed by atoms with Gasteiger partial charge in [-0.15, -0.1) is 0 Å². The standard InChI is InChI=1S/C27H22O2/c1-2-18-15-16-19-9-3-4-10-20(19)23(18)17-27(29)24-13-7-5-11-21(24)26(28)22-12-6-8-14-25(22)27/h3-16,29H,2,17H2,1H3. The van der Waals surface area contributed by atoms with Crippen LogP contribution in [0.3, 0.4) is 0 Å². The lowest BCUT2D eigenvalue weighted by atomic mass is 9.70. The van der Waals surface area contributed by atoms with Crippen molar-refractivity contribution < 1.29 is 9.90 Å². The van der Waals surface area contributed by atoms with Crippen LogP contribution in [0.2, 0.25) is 0 Å². The van der Waals surface area contributed by atoms with Gasteiger partial charge in [0.15, 0.2) is 5.78 Å². The van der Waals surface area contributed by atoms with E-state index in [1.165, 1.54) is 5.56 Å². The highest BCUT2D eigenvalue weighted by atomic mass is 16.3. The molecule has 0 spiro atoms. The van der Waals surface area contributed by atoms with Crippen molar-refractivity contribution in [1.29, 1.82) is 0 Å². The van der Waals surface area contributed by atoms with E-state index < -0.39 is 5.60 Å². The number of carbonyl (C=O) groups excluding carboxylic acids is 1. The van der Waals surface area contributed by atoms with E-state index in [-0.39, 0.29) is 5.78 Å². The molecule has 5 rings (SSSR count). The Balaban J connectivity index is 1.79. The zero-order chi connectivity index (χ0) is 20.0. The summed E-state index contributed by atoms with van der Waals surface area (Å²) in [5, 5.41) is 14.5. The minimum atomic E-state index is -1.25. The van der Waals surface area contributed by atoms with Crippen LogP contribution in [-0.2, 0) is 18.4 Å². The Morgan fingerprint density at radius 2 is 1.34 bits per heavy atom. The van der Waals surface area contributed by atoms with Crippen LogP contribution in [0.5, 0.6) is 0 Å². The second-order valence-corrected chi connectivity index (χ2v) is 7.74. The molecule has 0 radical (unpaired) electrons. The molecule has 0 aromatic heterocycles. The van der Waals surface area contributed by atoms with Crippen LogP contribution >= 0.6 is 0 Å². The van der Waals surface area contributed by atoms with E-state index in [0.29, 0.717) is 28.7 Å². The molecule has 0 amide bonds. The number of carbonyl (C=O) groups is 1. The van der Waals surface area contributed by atoms with Gasteiger partial charge in [0, 0.05) is 17.5 Å². The van der Waals surface area contributed by atoms with Crippen LogP contribution in [0.15, 0.2) is 84.9 Å². The van der Waals surface area contributed by atoms with Crippen molar-refractivity contribution in [2.45, 2.75) is 25.4 Å². The summed E-state index contributed by atoms with van der Waals surface area (Å²) in [4.78, 5) is 13.1. The Bertz CT molecular complexity index is 1200. The summed E-state index contributed by atoms with van der Waals surface area (Å²) in [5.41, 5.74) is 3.68. The average molecular weight is 378 g/mol. The number of rotatable bonds is 3. The minimum absolute atomic E-state index is 0.0190. The number of aliphatic hydroxyl groups is 1. The zero-order valence-corrected chi connectivity index (χ0v) is 16.4. The SMILES string of the molecule is CCc1ccc2ccccc2c1CC1(O)c2ccccc2C(=O)c2ccccc21. The molecule has 0 heterocycles. The van der Waals surface area contributed by atoms with Crippen molar-refractivity contribution in [2.75, 3.05) is 0 Å². The molecular weight excluding hydrogens is 356 g/mol. The quantitative estimate of drug-likeness (QED) is 0.516. The van der Waals surface area contributed by atoms with Gasteiger partial charge in [-0.3, -0.25) is 4.79 Å². The number of ketones is 1. The summed E-state index contributed by atoms with van der Waals surface area (Å²) in [7, 11) is 0. The normalized spacial score (nSPS) is 14.5. The second kappa shape index (κ2) is 6.68. The van der Waals surface area contributed by atoms with Crippen molar-refractivity contribution >= 4 is 16.6 Å². The molecule has 0 bridgehead atoms. The minimum Gasteiger partial charge on any atom is -0.380 e. The van der Waals surface area contributed by atoms with E-state index in [2.05, 4.69) is 31.2 Å². The third kappa shape index (κ3) is 2.64. The fourth-order valence-corrected chi connectivity index (χ4v) is 4.74. The molecule has 1 aliphatic carbocycles. The van der Waals surface area contributed by atoms with Gasteiger partial charge in [-0.05, 0) is 39.4 Å². The summed E-state index contributed by atoms with van der Waals surface area (Å²) in [5.74, 6) is -0.0190. The maximum atomic E-state index is 13.1. The van der Waals surface area contributed by atoms with Gasteiger partial charge in [0.1, 0.15) is 5.60 Å². The molecular formula is C27H22O2. The fourth-order valence-electron chi connectivity index (χ4n) is 4.74. The van der Waals surface area contributed by atoms with Gasteiger partial charge < -0.3 is 5.11 Å². The van der Waals surface area contributed by atoms with E-state index in [4.69, 9.17) is 0 Å². The molecule has 2 heteroatoms. The van der Waals surface area contributed by atoms with Gasteiger partial charge in [-0.2, -0.15) is 0 Å². The maximum absolute atomic E-state index is 13.1. The Labute approximate surface area is 170 Å². The highest BCUT2D eigenvalue weighted by Crippen LogP contribution is 2.43. The molecule has 0 atom stereocenters. The van der Waals surface area contributed by atoms with Crippen molar-refractivity contribution in [3.63, 3.8) is 0 Å². The third-order valence-electron chi connectivity index (χ3n) is 6.19. The molecule has 1 N–H and O–H groups in total. The predicted molar refractivity (Wildman–Crippen MR) is 116 cm³/mol. The molecule has 0 aliphatic heterocycles. The van der Waals surface area contributed by atoms with Gasteiger partial charge >= 0.3 is 0 Å². The molecule has 29 heavy (non-hydrogen) atoms. The molecule has 0 saturated carbocycles. The lowest BCUT2D eigenvalue weighted by Crippen LogP contribution is -2.37. The van der Waals surface area contributed by atoms with Crippen LogP contribution in [0.25, 0.3) is 10.8 Å². The molecule has 4 aromatic carbocycles. The number of fused-ring (bicyclic) bond motifs is 3. The van der Waals surface area contributed by atoms with E-state index in [9.17, 15) is 9.90 Å². The smallest absolute Gasteiger partial charge is 0.193 e. The van der Waals surface area contributed by atoms with Crippen molar-refractivity contribution in [3.8, 4) is 0 Å². The number of hydrogen-bond acceptors (Lipinski definition) is 2. The van der Waals surface area contributed by atoms with Crippen LogP contribution in [-0.4, -0.2) is 10.9 Å². The van der Waals surface area contributed by atoms with Gasteiger partial charge in [-0.1, -0.05) is 91.9 Å². The molecule has 2 nitrogen and oxygen atoms in total. The Morgan fingerprint density at radius 3 is 2.00 bits per heavy atom. The average Bonchev–Trinajstić information content (AvgIpc) is 2.78. The van der Waals surface area contributed by atoms with Crippen molar-refractivity contribution in [1.82, 2.24) is 0 Å². The van der Waals surface area contributed by atoms with E-state index in [0.717, 1.165) is 22.8 Å². The van der Waals surface area contributed by atoms with Gasteiger partial charge in [0.25, 0.3) is 0 Å². The maximum Gasteiger partial charge on any atom is 0.193 e. The van der Waals surface area contributed by atoms with Crippen LogP contribution < -0.4 is 0 Å². The highest BCUT2D eigenvalue weighted by Gasteiger charge is 2.42. The largest absolute Gasteiger partial charge is 0.380 e. The number of benzene rings is 4. The molecule has 4 aromatic rings. The van der Waals surface area contributed by atoms with Crippen molar-refractivity contribution in [2.24, 2.45) is 0 Å². The summed E-state index contributed by atoms with van der Waals surface area (Å²) in [6, 6.07) is 27.6. The van der Waals surface area contributed by atoms with Crippen LogP contribution in [0.4, 0.5) is 0 Å².